The molecular formula is C18H15N3O3S. The van der Waals surface area contributed by atoms with Crippen LogP contribution in [0, 0.1) is 0 Å². The molecule has 0 saturated carbocycles. The van der Waals surface area contributed by atoms with E-state index in [-0.39, 0.29) is 24.5 Å². The van der Waals surface area contributed by atoms with Crippen molar-refractivity contribution in [2.45, 2.75) is 12.5 Å². The van der Waals surface area contributed by atoms with Gasteiger partial charge in [0.1, 0.15) is 11.1 Å². The van der Waals surface area contributed by atoms with Gasteiger partial charge in [-0.15, -0.1) is 0 Å². The Bertz CT molecular complexity index is 848. The van der Waals surface area contributed by atoms with E-state index in [1.165, 1.54) is 4.90 Å². The Kier molecular flexibility index (Phi) is 3.93. The van der Waals surface area contributed by atoms with E-state index >= 15 is 0 Å². The summed E-state index contributed by atoms with van der Waals surface area (Å²) in [6.07, 6.45) is 1.91. The van der Waals surface area contributed by atoms with Crippen molar-refractivity contribution < 1.29 is 14.3 Å². The lowest BCUT2D eigenvalue weighted by Crippen LogP contribution is -2.37. The average molecular weight is 353 g/mol. The molecule has 1 unspecified atom stereocenters. The van der Waals surface area contributed by atoms with Crippen LogP contribution in [-0.2, 0) is 0 Å². The largest absolute Gasteiger partial charge is 0.472 e. The van der Waals surface area contributed by atoms with Gasteiger partial charge in [0, 0.05) is 19.2 Å². The molecule has 7 heteroatoms. The van der Waals surface area contributed by atoms with Crippen molar-refractivity contribution in [1.82, 2.24) is 15.2 Å². The Labute approximate surface area is 149 Å². The van der Waals surface area contributed by atoms with Crippen LogP contribution in [0.4, 0.5) is 0 Å². The Balaban J connectivity index is 1.47. The zero-order chi connectivity index (χ0) is 17.4. The van der Waals surface area contributed by atoms with Crippen molar-refractivity contribution >= 4 is 29.0 Å². The van der Waals surface area contributed by atoms with Gasteiger partial charge >= 0.3 is 0 Å². The molecule has 1 N–H and O–H groups in total. The minimum Gasteiger partial charge on any atom is -0.472 e. The molecule has 0 fully saturated rings. The van der Waals surface area contributed by atoms with Crippen LogP contribution >= 0.6 is 12.2 Å². The number of carbonyl (C=O) groups is 2. The second kappa shape index (κ2) is 6.25. The van der Waals surface area contributed by atoms with Crippen molar-refractivity contribution in [1.29, 1.82) is 0 Å². The zero-order valence-electron chi connectivity index (χ0n) is 13.3. The van der Waals surface area contributed by atoms with Gasteiger partial charge in [0.15, 0.2) is 0 Å². The van der Waals surface area contributed by atoms with Crippen molar-refractivity contribution in [3.05, 3.63) is 59.3 Å². The molecule has 0 saturated heterocycles. The second-order valence-electron chi connectivity index (χ2n) is 5.90. The molecule has 25 heavy (non-hydrogen) atoms. The summed E-state index contributed by atoms with van der Waals surface area (Å²) in [6, 6.07) is 10.5. The standard InChI is InChI=1S/C18H15N3O3S/c22-17-12-4-1-2-5-13(12)18(23)21(17)9-7-11-10-20-16(25)14-6-3-8-19-15(14)24-11/h1-6,8,11H,7,9-10H2,(H,20,25). The van der Waals surface area contributed by atoms with Crippen LogP contribution in [0.25, 0.3) is 0 Å². The first-order valence-electron chi connectivity index (χ1n) is 8.00. The SMILES string of the molecule is O=C1c2ccccc2C(=O)N1CCC1CNC(=S)c2cccnc2O1. The molecule has 0 bridgehead atoms. The molecule has 3 heterocycles. The van der Waals surface area contributed by atoms with Crippen LogP contribution in [0.1, 0.15) is 32.7 Å². The Morgan fingerprint density at radius 3 is 2.52 bits per heavy atom. The van der Waals surface area contributed by atoms with Gasteiger partial charge in [-0.05, 0) is 24.3 Å². The second-order valence-corrected chi connectivity index (χ2v) is 6.31. The molecule has 1 atom stereocenters. The number of benzene rings is 1. The smallest absolute Gasteiger partial charge is 0.261 e. The predicted octanol–water partition coefficient (Wildman–Crippen LogP) is 1.79. The molecule has 1 aromatic heterocycles. The lowest BCUT2D eigenvalue weighted by molar-refractivity contribution is 0.0630. The molecule has 2 aliphatic heterocycles. The van der Waals surface area contributed by atoms with Gasteiger partial charge in [-0.2, -0.15) is 0 Å². The van der Waals surface area contributed by atoms with E-state index < -0.39 is 0 Å². The number of hydrogen-bond acceptors (Lipinski definition) is 5. The zero-order valence-corrected chi connectivity index (χ0v) is 14.1. The van der Waals surface area contributed by atoms with Gasteiger partial charge in [-0.25, -0.2) is 4.98 Å². The molecule has 0 radical (unpaired) electrons. The number of imide groups is 1. The number of thiocarbonyl (C=S) groups is 1. The van der Waals surface area contributed by atoms with Crippen molar-refractivity contribution in [2.24, 2.45) is 0 Å². The Morgan fingerprint density at radius 1 is 1.12 bits per heavy atom. The van der Waals surface area contributed by atoms with Gasteiger partial charge in [0.2, 0.25) is 5.88 Å². The van der Waals surface area contributed by atoms with Crippen LogP contribution in [-0.4, -0.2) is 45.9 Å². The van der Waals surface area contributed by atoms with Crippen LogP contribution in [0.5, 0.6) is 5.88 Å². The highest BCUT2D eigenvalue weighted by Crippen LogP contribution is 2.24. The minimum atomic E-state index is -0.253. The van der Waals surface area contributed by atoms with E-state index in [0.29, 0.717) is 35.0 Å². The third-order valence-electron chi connectivity index (χ3n) is 4.34. The quantitative estimate of drug-likeness (QED) is 0.670. The predicted molar refractivity (Wildman–Crippen MR) is 94.8 cm³/mol. The molecule has 2 aromatic rings. The van der Waals surface area contributed by atoms with E-state index in [1.807, 2.05) is 6.07 Å². The first kappa shape index (κ1) is 15.7. The number of fused-ring (bicyclic) bond motifs is 2. The fourth-order valence-corrected chi connectivity index (χ4v) is 3.27. The van der Waals surface area contributed by atoms with Gasteiger partial charge in [0.25, 0.3) is 11.8 Å². The molecule has 126 valence electrons. The summed E-state index contributed by atoms with van der Waals surface area (Å²) >= 11 is 5.33. The minimum absolute atomic E-state index is 0.238. The summed E-state index contributed by atoms with van der Waals surface area (Å²) in [5, 5.41) is 3.14. The van der Waals surface area contributed by atoms with Crippen LogP contribution in [0.3, 0.4) is 0 Å². The van der Waals surface area contributed by atoms with Crippen LogP contribution in [0.2, 0.25) is 0 Å². The highest BCUT2D eigenvalue weighted by Gasteiger charge is 2.35. The first-order chi connectivity index (χ1) is 12.1. The van der Waals surface area contributed by atoms with E-state index in [2.05, 4.69) is 10.3 Å². The van der Waals surface area contributed by atoms with Crippen molar-refractivity contribution in [3.8, 4) is 5.88 Å². The number of amides is 2. The molecule has 0 aliphatic carbocycles. The van der Waals surface area contributed by atoms with Crippen LogP contribution < -0.4 is 10.1 Å². The van der Waals surface area contributed by atoms with Gasteiger partial charge in [-0.1, -0.05) is 24.4 Å². The number of nitrogens with one attached hydrogen (secondary N) is 1. The summed E-state index contributed by atoms with van der Waals surface area (Å²) < 4.78 is 5.92. The maximum atomic E-state index is 12.4. The van der Waals surface area contributed by atoms with Crippen LogP contribution in [0.15, 0.2) is 42.6 Å². The Morgan fingerprint density at radius 2 is 1.80 bits per heavy atom. The lowest BCUT2D eigenvalue weighted by atomic mass is 10.1. The Hall–Kier alpha value is -2.80. The maximum Gasteiger partial charge on any atom is 0.261 e. The van der Waals surface area contributed by atoms with E-state index in [0.717, 1.165) is 5.56 Å². The number of aromatic nitrogens is 1. The van der Waals surface area contributed by atoms with Gasteiger partial charge in [0.05, 0.1) is 23.2 Å². The van der Waals surface area contributed by atoms with Crippen molar-refractivity contribution in [2.75, 3.05) is 13.1 Å². The molecule has 6 nitrogen and oxygen atoms in total. The monoisotopic (exact) mass is 353 g/mol. The number of ether oxygens (including phenoxy) is 1. The van der Waals surface area contributed by atoms with E-state index in [9.17, 15) is 9.59 Å². The number of rotatable bonds is 3. The van der Waals surface area contributed by atoms with E-state index in [1.54, 1.807) is 36.5 Å². The summed E-state index contributed by atoms with van der Waals surface area (Å²) in [4.78, 5) is 30.9. The molecule has 0 spiro atoms. The first-order valence-corrected chi connectivity index (χ1v) is 8.41. The fourth-order valence-electron chi connectivity index (χ4n) is 3.04. The summed E-state index contributed by atoms with van der Waals surface area (Å²) in [7, 11) is 0. The summed E-state index contributed by atoms with van der Waals surface area (Å²) in [5.41, 5.74) is 1.67. The average Bonchev–Trinajstić information content (AvgIpc) is 2.78. The number of nitrogens with zero attached hydrogens (tertiary/aromatic N) is 2. The highest BCUT2D eigenvalue weighted by molar-refractivity contribution is 7.80. The molecular weight excluding hydrogens is 338 g/mol. The number of carbonyl (C=O) groups excluding carboxylic acids is 2. The fraction of sp³-hybridized carbons (Fsp3) is 0.222. The van der Waals surface area contributed by atoms with Crippen molar-refractivity contribution in [3.63, 3.8) is 0 Å². The third-order valence-corrected chi connectivity index (χ3v) is 4.70. The van der Waals surface area contributed by atoms with E-state index in [4.69, 9.17) is 17.0 Å². The van der Waals surface area contributed by atoms with Gasteiger partial charge in [-0.3, -0.25) is 14.5 Å². The third kappa shape index (κ3) is 2.76. The summed E-state index contributed by atoms with van der Waals surface area (Å²) in [5.74, 6) is -0.0303. The molecule has 2 aliphatic rings. The normalized spacial score (nSPS) is 19.0. The lowest BCUT2D eigenvalue weighted by Gasteiger charge is -2.19. The molecule has 1 aromatic carbocycles. The highest BCUT2D eigenvalue weighted by atomic mass is 32.1. The number of pyridine rings is 1. The van der Waals surface area contributed by atoms with Gasteiger partial charge < -0.3 is 10.1 Å². The topological polar surface area (TPSA) is 71.5 Å². The molecule has 4 rings (SSSR count). The number of hydrogen-bond donors (Lipinski definition) is 1. The summed E-state index contributed by atoms with van der Waals surface area (Å²) in [6.45, 7) is 0.784. The molecule has 2 amide bonds. The maximum absolute atomic E-state index is 12.4.